The van der Waals surface area contributed by atoms with Crippen LogP contribution in [0.25, 0.3) is 5.57 Å². The van der Waals surface area contributed by atoms with Gasteiger partial charge in [-0.15, -0.1) is 0 Å². The Morgan fingerprint density at radius 3 is 2.71 bits per heavy atom. The molecule has 1 aliphatic carbocycles. The Morgan fingerprint density at radius 2 is 1.94 bits per heavy atom. The number of methoxy groups -OCH3 is 1. The number of nitrogen functional groups attached to an aromatic ring is 1. The highest BCUT2D eigenvalue weighted by Gasteiger charge is 2.27. The van der Waals surface area contributed by atoms with Gasteiger partial charge in [-0.1, -0.05) is 59.6 Å². The molecule has 34 heavy (non-hydrogen) atoms. The first-order valence-corrected chi connectivity index (χ1v) is 12.1. The lowest BCUT2D eigenvalue weighted by Gasteiger charge is -2.30. The van der Waals surface area contributed by atoms with E-state index in [4.69, 9.17) is 33.7 Å². The normalized spacial score (nSPS) is 18.4. The number of carbonyl (C=O) groups excluding carboxylic acids is 1. The molecule has 4 rings (SSSR count). The highest BCUT2D eigenvalue weighted by molar-refractivity contribution is 6.31. The lowest BCUT2D eigenvalue weighted by Crippen LogP contribution is -2.34. The van der Waals surface area contributed by atoms with E-state index in [1.807, 2.05) is 65.6 Å². The summed E-state index contributed by atoms with van der Waals surface area (Å²) in [5.41, 5.74) is 11.0. The molecule has 4 nitrogen and oxygen atoms in total. The molecule has 176 valence electrons. The number of amides is 1. The summed E-state index contributed by atoms with van der Waals surface area (Å²) in [5, 5.41) is 1.40. The van der Waals surface area contributed by atoms with E-state index < -0.39 is 0 Å². The molecule has 0 spiro atoms. The number of ether oxygens (including phenoxy) is 1. The Bertz CT molecular complexity index is 1180. The maximum atomic E-state index is 13.6. The number of halogens is 2. The van der Waals surface area contributed by atoms with E-state index in [2.05, 4.69) is 6.08 Å². The highest BCUT2D eigenvalue weighted by Crippen LogP contribution is 2.37. The second kappa shape index (κ2) is 11.0. The van der Waals surface area contributed by atoms with Crippen molar-refractivity contribution in [3.05, 3.63) is 99.6 Å². The minimum Gasteiger partial charge on any atom is -0.497 e. The van der Waals surface area contributed by atoms with Crippen molar-refractivity contribution in [1.29, 1.82) is 0 Å². The van der Waals surface area contributed by atoms with Gasteiger partial charge in [0, 0.05) is 34.3 Å². The minimum atomic E-state index is -0.233. The Labute approximate surface area is 211 Å². The number of benzene rings is 2. The Balaban J connectivity index is 1.71. The highest BCUT2D eigenvalue weighted by atomic mass is 35.5. The SMILES string of the molecule is COc1ccc(C2C=C(c3cc(Cl)ccc3N)CCCN2C(=O)CC2=CC=C(Cl)CC=C2)cc1. The van der Waals surface area contributed by atoms with Crippen LogP contribution in [-0.4, -0.2) is 24.5 Å². The molecule has 0 fully saturated rings. The summed E-state index contributed by atoms with van der Waals surface area (Å²) in [5.74, 6) is 0.843. The van der Waals surface area contributed by atoms with Crippen molar-refractivity contribution >= 4 is 40.4 Å². The Kier molecular flexibility index (Phi) is 7.81. The number of rotatable bonds is 5. The minimum absolute atomic E-state index is 0.0692. The molecule has 6 heteroatoms. The van der Waals surface area contributed by atoms with Gasteiger partial charge < -0.3 is 15.4 Å². The molecule has 1 unspecified atom stereocenters. The molecular weight excluding hydrogens is 467 g/mol. The zero-order valence-electron chi connectivity index (χ0n) is 19.1. The summed E-state index contributed by atoms with van der Waals surface area (Å²) in [6.07, 6.45) is 12.6. The Morgan fingerprint density at radius 1 is 1.15 bits per heavy atom. The van der Waals surface area contributed by atoms with Gasteiger partial charge in [-0.3, -0.25) is 4.79 Å². The molecule has 0 aromatic heterocycles. The van der Waals surface area contributed by atoms with E-state index in [-0.39, 0.29) is 11.9 Å². The quantitative estimate of drug-likeness (QED) is 0.451. The molecule has 1 heterocycles. The maximum absolute atomic E-state index is 13.6. The van der Waals surface area contributed by atoms with Crippen LogP contribution in [0.1, 0.15) is 42.9 Å². The monoisotopic (exact) mass is 494 g/mol. The molecule has 0 radical (unpaired) electrons. The van der Waals surface area contributed by atoms with Crippen LogP contribution in [0.5, 0.6) is 5.75 Å². The maximum Gasteiger partial charge on any atom is 0.227 e. The van der Waals surface area contributed by atoms with Gasteiger partial charge >= 0.3 is 0 Å². The van der Waals surface area contributed by atoms with Crippen molar-refractivity contribution in [2.24, 2.45) is 0 Å². The van der Waals surface area contributed by atoms with Crippen molar-refractivity contribution < 1.29 is 9.53 Å². The number of hydrogen-bond donors (Lipinski definition) is 1. The molecule has 2 aliphatic rings. The smallest absolute Gasteiger partial charge is 0.227 e. The zero-order valence-corrected chi connectivity index (χ0v) is 20.6. The number of allylic oxidation sites excluding steroid dienone is 6. The first-order valence-electron chi connectivity index (χ1n) is 11.4. The second-order valence-corrected chi connectivity index (χ2v) is 9.39. The third-order valence-electron chi connectivity index (χ3n) is 6.16. The van der Waals surface area contributed by atoms with Crippen molar-refractivity contribution in [1.82, 2.24) is 4.90 Å². The van der Waals surface area contributed by atoms with E-state index in [0.717, 1.165) is 45.9 Å². The number of nitrogens with two attached hydrogens (primary N) is 1. The summed E-state index contributed by atoms with van der Waals surface area (Å²) >= 11 is 12.4. The van der Waals surface area contributed by atoms with Crippen molar-refractivity contribution in [2.75, 3.05) is 19.4 Å². The van der Waals surface area contributed by atoms with E-state index in [1.54, 1.807) is 13.2 Å². The first-order chi connectivity index (χ1) is 16.4. The average Bonchev–Trinajstić information content (AvgIpc) is 3.19. The molecule has 2 aromatic carbocycles. The molecule has 0 saturated heterocycles. The lowest BCUT2D eigenvalue weighted by atomic mass is 9.96. The van der Waals surface area contributed by atoms with Crippen LogP contribution in [0.4, 0.5) is 5.69 Å². The predicted octanol–water partition coefficient (Wildman–Crippen LogP) is 7.08. The number of hydrogen-bond acceptors (Lipinski definition) is 3. The van der Waals surface area contributed by atoms with Gasteiger partial charge in [-0.25, -0.2) is 0 Å². The average molecular weight is 495 g/mol. The fourth-order valence-electron chi connectivity index (χ4n) is 4.37. The van der Waals surface area contributed by atoms with Crippen LogP contribution in [0.2, 0.25) is 5.02 Å². The number of carbonyl (C=O) groups is 1. The third-order valence-corrected chi connectivity index (χ3v) is 6.67. The largest absolute Gasteiger partial charge is 0.497 e. The predicted molar refractivity (Wildman–Crippen MR) is 141 cm³/mol. The number of nitrogens with zero attached hydrogens (tertiary/aromatic N) is 1. The number of anilines is 1. The topological polar surface area (TPSA) is 55.6 Å². The van der Waals surface area contributed by atoms with Gasteiger partial charge in [0.15, 0.2) is 0 Å². The molecule has 1 amide bonds. The van der Waals surface area contributed by atoms with Gasteiger partial charge in [0.2, 0.25) is 5.91 Å². The lowest BCUT2D eigenvalue weighted by molar-refractivity contribution is -0.132. The van der Waals surface area contributed by atoms with Gasteiger partial charge in [0.25, 0.3) is 0 Å². The van der Waals surface area contributed by atoms with E-state index >= 15 is 0 Å². The summed E-state index contributed by atoms with van der Waals surface area (Å²) < 4.78 is 5.34. The van der Waals surface area contributed by atoms with Gasteiger partial charge in [0.1, 0.15) is 5.75 Å². The fourth-order valence-corrected chi connectivity index (χ4v) is 4.69. The van der Waals surface area contributed by atoms with Crippen molar-refractivity contribution in [3.63, 3.8) is 0 Å². The van der Waals surface area contributed by atoms with Crippen LogP contribution in [0.3, 0.4) is 0 Å². The molecular formula is C28H28Cl2N2O2. The summed E-state index contributed by atoms with van der Waals surface area (Å²) in [7, 11) is 1.64. The zero-order chi connectivity index (χ0) is 24.1. The standard InChI is InChI=1S/C28H28Cl2N2O2/c1-34-24-12-8-20(9-13-24)27-17-21(25-18-23(30)11-14-26(25)31)5-3-15-32(27)28(33)16-19-4-2-6-22(29)10-7-19/h2,4,7-14,17-18,27H,3,5-6,15-16,31H2,1H3. The Hall–Kier alpha value is -2.95. The van der Waals surface area contributed by atoms with Crippen LogP contribution >= 0.6 is 23.2 Å². The summed E-state index contributed by atoms with van der Waals surface area (Å²) in [6, 6.07) is 13.2. The third kappa shape index (κ3) is 5.75. The van der Waals surface area contributed by atoms with Gasteiger partial charge in [0.05, 0.1) is 19.6 Å². The second-order valence-electron chi connectivity index (χ2n) is 8.47. The van der Waals surface area contributed by atoms with Gasteiger partial charge in [-0.2, -0.15) is 0 Å². The van der Waals surface area contributed by atoms with Gasteiger partial charge in [-0.05, 0) is 66.0 Å². The summed E-state index contributed by atoms with van der Waals surface area (Å²) in [4.78, 5) is 15.5. The van der Waals surface area contributed by atoms with Crippen LogP contribution < -0.4 is 10.5 Å². The molecule has 1 aliphatic heterocycles. The van der Waals surface area contributed by atoms with E-state index in [1.165, 1.54) is 0 Å². The van der Waals surface area contributed by atoms with E-state index in [9.17, 15) is 4.79 Å². The first kappa shape index (κ1) is 24.2. The van der Waals surface area contributed by atoms with Crippen molar-refractivity contribution in [2.45, 2.75) is 31.7 Å². The molecule has 0 saturated carbocycles. The van der Waals surface area contributed by atoms with Crippen molar-refractivity contribution in [3.8, 4) is 5.75 Å². The van der Waals surface area contributed by atoms with Crippen LogP contribution in [0, 0.1) is 0 Å². The molecule has 2 aromatic rings. The molecule has 0 bridgehead atoms. The van der Waals surface area contributed by atoms with Crippen LogP contribution in [0.15, 0.2) is 83.5 Å². The summed E-state index contributed by atoms with van der Waals surface area (Å²) in [6.45, 7) is 0.642. The molecule has 1 atom stereocenters. The molecule has 2 N–H and O–H groups in total. The van der Waals surface area contributed by atoms with Crippen LogP contribution in [-0.2, 0) is 4.79 Å². The van der Waals surface area contributed by atoms with E-state index in [0.29, 0.717) is 30.1 Å². The fraction of sp³-hybridized carbons (Fsp3) is 0.250.